The number of nitrogens with one attached hydrogen (secondary N) is 1. The Kier molecular flexibility index (Phi) is 8.88. The van der Waals surface area contributed by atoms with Crippen molar-refractivity contribution >= 4 is 23.6 Å². The Morgan fingerprint density at radius 3 is 2.05 bits per heavy atom. The van der Waals surface area contributed by atoms with E-state index in [1.165, 1.54) is 4.90 Å². The maximum atomic E-state index is 13.7. The zero-order chi connectivity index (χ0) is 26.2. The topological polar surface area (TPSA) is 86.8 Å². The number of allylic oxidation sites excluding steroid dienone is 2. The Morgan fingerprint density at radius 1 is 0.919 bits per heavy atom. The molecule has 2 aromatic carbocycles. The van der Waals surface area contributed by atoms with Gasteiger partial charge in [0, 0.05) is 32.5 Å². The van der Waals surface area contributed by atoms with Crippen molar-refractivity contribution in [3.63, 3.8) is 0 Å². The van der Waals surface area contributed by atoms with Crippen LogP contribution in [0.2, 0.25) is 0 Å². The number of hydrogen-bond donors (Lipinski definition) is 1. The van der Waals surface area contributed by atoms with Gasteiger partial charge >= 0.3 is 0 Å². The largest absolute Gasteiger partial charge is 0.354 e. The zero-order valence-corrected chi connectivity index (χ0v) is 21.3. The standard InChI is InChI=1S/C30H35N3O4/c1-2-18-31-28(35)26(20-22-11-5-3-6-12-22)33(21-23-13-7-4-8-14-23)27(34)17-19-32-29(36)24-15-9-10-16-25(24)30(32)37/h3-14,24-26H,2,15-21H2,1H3,(H,31,35)/t24-,25+,26-/m0/s1. The average molecular weight is 502 g/mol. The highest BCUT2D eigenvalue weighted by Crippen LogP contribution is 2.35. The Morgan fingerprint density at radius 2 is 1.49 bits per heavy atom. The summed E-state index contributed by atoms with van der Waals surface area (Å²) in [7, 11) is 0. The van der Waals surface area contributed by atoms with Crippen molar-refractivity contribution < 1.29 is 19.2 Å². The molecule has 1 heterocycles. The lowest BCUT2D eigenvalue weighted by atomic mass is 9.85. The molecule has 1 aliphatic carbocycles. The maximum absolute atomic E-state index is 13.7. The first-order chi connectivity index (χ1) is 18.0. The fraction of sp³-hybridized carbons (Fsp3) is 0.400. The van der Waals surface area contributed by atoms with E-state index in [2.05, 4.69) is 5.32 Å². The quantitative estimate of drug-likeness (QED) is 0.377. The predicted octanol–water partition coefficient (Wildman–Crippen LogP) is 3.49. The van der Waals surface area contributed by atoms with Crippen molar-refractivity contribution in [2.75, 3.05) is 13.1 Å². The van der Waals surface area contributed by atoms with E-state index in [9.17, 15) is 19.2 Å². The number of benzene rings is 2. The smallest absolute Gasteiger partial charge is 0.243 e. The first-order valence-electron chi connectivity index (χ1n) is 13.1. The minimum absolute atomic E-state index is 0.0243. The van der Waals surface area contributed by atoms with Crippen molar-refractivity contribution in [2.24, 2.45) is 11.8 Å². The van der Waals surface area contributed by atoms with Crippen LogP contribution in [-0.2, 0) is 32.1 Å². The molecule has 37 heavy (non-hydrogen) atoms. The summed E-state index contributed by atoms with van der Waals surface area (Å²) in [5, 5.41) is 2.96. The summed E-state index contributed by atoms with van der Waals surface area (Å²) in [4.78, 5) is 55.7. The summed E-state index contributed by atoms with van der Waals surface area (Å²) in [6.45, 7) is 2.79. The van der Waals surface area contributed by atoms with Crippen LogP contribution in [0.4, 0.5) is 0 Å². The third kappa shape index (κ3) is 6.34. The molecule has 194 valence electrons. The van der Waals surface area contributed by atoms with Crippen LogP contribution < -0.4 is 5.32 Å². The number of likely N-dealkylation sites (tertiary alicyclic amines) is 1. The molecule has 1 N–H and O–H groups in total. The minimum atomic E-state index is -0.724. The monoisotopic (exact) mass is 501 g/mol. The predicted molar refractivity (Wildman–Crippen MR) is 141 cm³/mol. The van der Waals surface area contributed by atoms with Gasteiger partial charge in [0.2, 0.25) is 23.6 Å². The molecule has 0 aromatic heterocycles. The lowest BCUT2D eigenvalue weighted by Crippen LogP contribution is -2.51. The Hall–Kier alpha value is -3.74. The molecule has 4 amide bonds. The summed E-state index contributed by atoms with van der Waals surface area (Å²) in [6.07, 6.45) is 6.16. The number of amides is 4. The highest BCUT2D eigenvalue weighted by atomic mass is 16.2. The van der Waals surface area contributed by atoms with Gasteiger partial charge in [0.15, 0.2) is 0 Å². The second-order valence-corrected chi connectivity index (χ2v) is 9.74. The van der Waals surface area contributed by atoms with Crippen LogP contribution in [0.15, 0.2) is 72.8 Å². The number of carbonyl (C=O) groups excluding carboxylic acids is 4. The van der Waals surface area contributed by atoms with Crippen LogP contribution in [0.1, 0.15) is 43.7 Å². The van der Waals surface area contributed by atoms with Crippen molar-refractivity contribution in [1.29, 1.82) is 0 Å². The fourth-order valence-corrected chi connectivity index (χ4v) is 5.14. The molecule has 0 bridgehead atoms. The molecule has 0 saturated carbocycles. The van der Waals surface area contributed by atoms with Gasteiger partial charge in [-0.1, -0.05) is 79.7 Å². The van der Waals surface area contributed by atoms with Crippen LogP contribution in [0.5, 0.6) is 0 Å². The van der Waals surface area contributed by atoms with Crippen molar-refractivity contribution in [1.82, 2.24) is 15.1 Å². The number of hydrogen-bond acceptors (Lipinski definition) is 4. The first-order valence-corrected chi connectivity index (χ1v) is 13.1. The molecule has 4 rings (SSSR count). The lowest BCUT2D eigenvalue weighted by Gasteiger charge is -2.32. The number of imide groups is 1. The molecule has 2 aliphatic rings. The molecular weight excluding hydrogens is 466 g/mol. The van der Waals surface area contributed by atoms with E-state index in [0.29, 0.717) is 25.8 Å². The molecular formula is C30H35N3O4. The SMILES string of the molecule is CCCNC(=O)[C@H](Cc1ccccc1)N(Cc1ccccc1)C(=O)CCN1C(=O)[C@H]2CC=CC[C@H]2C1=O. The third-order valence-corrected chi connectivity index (χ3v) is 7.16. The van der Waals surface area contributed by atoms with Crippen LogP contribution in [0, 0.1) is 11.8 Å². The van der Waals surface area contributed by atoms with E-state index >= 15 is 0 Å². The van der Waals surface area contributed by atoms with Crippen molar-refractivity contribution in [3.05, 3.63) is 83.9 Å². The van der Waals surface area contributed by atoms with Gasteiger partial charge in [-0.25, -0.2) is 0 Å². The lowest BCUT2D eigenvalue weighted by molar-refractivity contribution is -0.144. The number of rotatable bonds is 11. The second kappa shape index (κ2) is 12.5. The molecule has 1 fully saturated rings. The normalized spacial score (nSPS) is 19.4. The van der Waals surface area contributed by atoms with Gasteiger partial charge in [-0.3, -0.25) is 24.1 Å². The number of fused-ring (bicyclic) bond motifs is 1. The van der Waals surface area contributed by atoms with E-state index in [-0.39, 0.29) is 55.0 Å². The summed E-state index contributed by atoms with van der Waals surface area (Å²) >= 11 is 0. The Labute approximate surface area is 218 Å². The van der Waals surface area contributed by atoms with Gasteiger partial charge in [0.05, 0.1) is 11.8 Å². The van der Waals surface area contributed by atoms with Crippen molar-refractivity contribution in [2.45, 2.75) is 51.6 Å². The maximum Gasteiger partial charge on any atom is 0.243 e. The van der Waals surface area contributed by atoms with Gasteiger partial charge in [0.25, 0.3) is 0 Å². The van der Waals surface area contributed by atoms with Gasteiger partial charge < -0.3 is 10.2 Å². The van der Waals surface area contributed by atoms with Gasteiger partial charge in [-0.2, -0.15) is 0 Å². The summed E-state index contributed by atoms with van der Waals surface area (Å²) < 4.78 is 0. The summed E-state index contributed by atoms with van der Waals surface area (Å²) in [6, 6.07) is 18.5. The van der Waals surface area contributed by atoms with Crippen LogP contribution in [0.25, 0.3) is 0 Å². The number of carbonyl (C=O) groups is 4. The average Bonchev–Trinajstić information content (AvgIpc) is 3.18. The van der Waals surface area contributed by atoms with E-state index in [1.54, 1.807) is 4.90 Å². The van der Waals surface area contributed by atoms with E-state index < -0.39 is 6.04 Å². The van der Waals surface area contributed by atoms with Gasteiger partial charge in [-0.05, 0) is 30.4 Å². The van der Waals surface area contributed by atoms with Crippen molar-refractivity contribution in [3.8, 4) is 0 Å². The first kappa shape index (κ1) is 26.3. The van der Waals surface area contributed by atoms with Crippen LogP contribution in [0.3, 0.4) is 0 Å². The molecule has 1 saturated heterocycles. The molecule has 0 unspecified atom stereocenters. The molecule has 7 heteroatoms. The molecule has 7 nitrogen and oxygen atoms in total. The minimum Gasteiger partial charge on any atom is -0.354 e. The number of nitrogens with zero attached hydrogens (tertiary/aromatic N) is 2. The summed E-state index contributed by atoms with van der Waals surface area (Å²) in [5.41, 5.74) is 1.86. The highest BCUT2D eigenvalue weighted by Gasteiger charge is 2.47. The van der Waals surface area contributed by atoms with E-state index in [1.807, 2.05) is 79.7 Å². The Bertz CT molecular complexity index is 1110. The third-order valence-electron chi connectivity index (χ3n) is 7.16. The molecule has 1 aliphatic heterocycles. The molecule has 2 aromatic rings. The molecule has 3 atom stereocenters. The summed E-state index contributed by atoms with van der Waals surface area (Å²) in [5.74, 6) is -1.49. The fourth-order valence-electron chi connectivity index (χ4n) is 5.14. The van der Waals surface area contributed by atoms with E-state index in [4.69, 9.17) is 0 Å². The second-order valence-electron chi connectivity index (χ2n) is 9.74. The highest BCUT2D eigenvalue weighted by molar-refractivity contribution is 6.05. The van der Waals surface area contributed by atoms with Gasteiger partial charge in [-0.15, -0.1) is 0 Å². The Balaban J connectivity index is 1.55. The van der Waals surface area contributed by atoms with Crippen LogP contribution in [-0.4, -0.2) is 52.6 Å². The van der Waals surface area contributed by atoms with Gasteiger partial charge in [0.1, 0.15) is 6.04 Å². The van der Waals surface area contributed by atoms with Crippen LogP contribution >= 0.6 is 0 Å². The van der Waals surface area contributed by atoms with E-state index in [0.717, 1.165) is 17.5 Å². The molecule has 0 radical (unpaired) electrons. The zero-order valence-electron chi connectivity index (χ0n) is 21.3. The molecule has 0 spiro atoms.